The van der Waals surface area contributed by atoms with Crippen LogP contribution in [0.4, 0.5) is 5.69 Å². The summed E-state index contributed by atoms with van der Waals surface area (Å²) in [5.41, 5.74) is 4.01. The van der Waals surface area contributed by atoms with Crippen LogP contribution < -0.4 is 10.1 Å². The van der Waals surface area contributed by atoms with Crippen molar-refractivity contribution in [2.45, 2.75) is 13.8 Å². The second-order valence-electron chi connectivity index (χ2n) is 7.57. The van der Waals surface area contributed by atoms with E-state index >= 15 is 0 Å². The van der Waals surface area contributed by atoms with Crippen LogP contribution in [0.5, 0.6) is 5.75 Å². The highest BCUT2D eigenvalue weighted by atomic mass is 35.5. The van der Waals surface area contributed by atoms with E-state index in [4.69, 9.17) is 26.1 Å². The van der Waals surface area contributed by atoms with Crippen molar-refractivity contribution < 1.29 is 19.1 Å². The quantitative estimate of drug-likeness (QED) is 0.329. The van der Waals surface area contributed by atoms with Crippen LogP contribution in [0.1, 0.15) is 22.8 Å². The van der Waals surface area contributed by atoms with Gasteiger partial charge in [-0.1, -0.05) is 48.0 Å². The molecule has 1 amide bonds. The number of fused-ring (bicyclic) bond motifs is 1. The number of carbonyl (C=O) groups excluding carboxylic acids is 2. The van der Waals surface area contributed by atoms with Gasteiger partial charge in [0.15, 0.2) is 6.61 Å². The number of halogens is 1. The van der Waals surface area contributed by atoms with Crippen LogP contribution in [0.2, 0.25) is 5.02 Å². The Morgan fingerprint density at radius 1 is 1.00 bits per heavy atom. The summed E-state index contributed by atoms with van der Waals surface area (Å²) >= 11 is 6.15. The third-order valence-corrected chi connectivity index (χ3v) is 5.66. The van der Waals surface area contributed by atoms with E-state index < -0.39 is 5.97 Å². The molecule has 1 aromatic heterocycles. The van der Waals surface area contributed by atoms with E-state index in [2.05, 4.69) is 5.32 Å². The zero-order valence-corrected chi connectivity index (χ0v) is 19.6. The molecule has 0 saturated heterocycles. The van der Waals surface area contributed by atoms with Crippen LogP contribution in [-0.2, 0) is 9.53 Å². The summed E-state index contributed by atoms with van der Waals surface area (Å²) in [6.07, 6.45) is 0. The van der Waals surface area contributed by atoms with E-state index in [1.165, 1.54) is 0 Å². The van der Waals surface area contributed by atoms with Crippen LogP contribution in [0.15, 0.2) is 72.8 Å². The predicted molar refractivity (Wildman–Crippen MR) is 133 cm³/mol. The average Bonchev–Trinajstić information content (AvgIpc) is 2.85. The lowest BCUT2D eigenvalue weighted by Gasteiger charge is -2.14. The van der Waals surface area contributed by atoms with Gasteiger partial charge in [-0.05, 0) is 49.7 Å². The highest BCUT2D eigenvalue weighted by Gasteiger charge is 2.15. The fourth-order valence-electron chi connectivity index (χ4n) is 3.48. The number of esters is 1. The SMILES string of the molecule is CCOC(=O)c1ccc2nc(-c3ccccc3)cc(OCC(=O)Nc3cccc(Cl)c3C)c2c1. The molecular weight excluding hydrogens is 452 g/mol. The molecule has 0 aliphatic heterocycles. The first kappa shape index (κ1) is 23.3. The molecule has 0 saturated carbocycles. The Morgan fingerprint density at radius 3 is 2.56 bits per heavy atom. The van der Waals surface area contributed by atoms with Crippen molar-refractivity contribution in [1.29, 1.82) is 0 Å². The van der Waals surface area contributed by atoms with Crippen LogP contribution in [0.3, 0.4) is 0 Å². The highest BCUT2D eigenvalue weighted by Crippen LogP contribution is 2.31. The van der Waals surface area contributed by atoms with E-state index in [0.29, 0.717) is 38.6 Å². The smallest absolute Gasteiger partial charge is 0.338 e. The highest BCUT2D eigenvalue weighted by molar-refractivity contribution is 6.31. The summed E-state index contributed by atoms with van der Waals surface area (Å²) in [6.45, 7) is 3.62. The van der Waals surface area contributed by atoms with Gasteiger partial charge in [0, 0.05) is 27.7 Å². The standard InChI is InChI=1S/C27H23ClN2O4/c1-3-33-27(32)19-12-13-23-20(14-19)25(15-24(29-23)18-8-5-4-6-9-18)34-16-26(31)30-22-11-7-10-21(28)17(22)2/h4-15H,3,16H2,1-2H3,(H,30,31). The lowest BCUT2D eigenvalue weighted by atomic mass is 10.1. The Morgan fingerprint density at radius 2 is 1.79 bits per heavy atom. The third kappa shape index (κ3) is 5.18. The molecule has 1 heterocycles. The number of ether oxygens (including phenoxy) is 2. The molecule has 6 nitrogen and oxygen atoms in total. The van der Waals surface area contributed by atoms with Crippen molar-refractivity contribution in [3.63, 3.8) is 0 Å². The second-order valence-corrected chi connectivity index (χ2v) is 7.98. The lowest BCUT2D eigenvalue weighted by molar-refractivity contribution is -0.118. The van der Waals surface area contributed by atoms with Gasteiger partial charge in [0.1, 0.15) is 5.75 Å². The number of hydrogen-bond donors (Lipinski definition) is 1. The molecule has 34 heavy (non-hydrogen) atoms. The maximum atomic E-state index is 12.6. The van der Waals surface area contributed by atoms with E-state index in [0.717, 1.165) is 11.1 Å². The van der Waals surface area contributed by atoms with Crippen molar-refractivity contribution in [1.82, 2.24) is 4.98 Å². The Bertz CT molecular complexity index is 1360. The van der Waals surface area contributed by atoms with Gasteiger partial charge >= 0.3 is 5.97 Å². The van der Waals surface area contributed by atoms with E-state index in [1.54, 1.807) is 49.4 Å². The number of pyridine rings is 1. The number of anilines is 1. The Balaban J connectivity index is 1.66. The van der Waals surface area contributed by atoms with Crippen LogP contribution in [-0.4, -0.2) is 30.1 Å². The molecule has 4 aromatic rings. The first-order valence-corrected chi connectivity index (χ1v) is 11.2. The van der Waals surface area contributed by atoms with Crippen molar-refractivity contribution in [3.8, 4) is 17.0 Å². The summed E-state index contributed by atoms with van der Waals surface area (Å²) in [7, 11) is 0. The number of nitrogens with one attached hydrogen (secondary N) is 1. The number of amides is 1. The van der Waals surface area contributed by atoms with E-state index in [1.807, 2.05) is 37.3 Å². The molecule has 1 N–H and O–H groups in total. The zero-order valence-electron chi connectivity index (χ0n) is 18.8. The summed E-state index contributed by atoms with van der Waals surface area (Å²) in [6, 6.07) is 21.8. The van der Waals surface area contributed by atoms with E-state index in [-0.39, 0.29) is 19.1 Å². The zero-order chi connectivity index (χ0) is 24.1. The molecule has 172 valence electrons. The molecule has 0 aliphatic rings. The minimum absolute atomic E-state index is 0.233. The molecule has 7 heteroatoms. The van der Waals surface area contributed by atoms with Gasteiger partial charge in [-0.3, -0.25) is 4.79 Å². The number of aromatic nitrogens is 1. The number of rotatable bonds is 7. The van der Waals surface area contributed by atoms with Gasteiger partial charge in [-0.25, -0.2) is 9.78 Å². The van der Waals surface area contributed by atoms with Gasteiger partial charge in [0.05, 0.1) is 23.4 Å². The molecule has 0 fully saturated rings. The number of hydrogen-bond acceptors (Lipinski definition) is 5. The third-order valence-electron chi connectivity index (χ3n) is 5.25. The minimum Gasteiger partial charge on any atom is -0.483 e. The topological polar surface area (TPSA) is 77.5 Å². The Hall–Kier alpha value is -3.90. The molecule has 4 rings (SSSR count). The van der Waals surface area contributed by atoms with Gasteiger partial charge in [-0.2, -0.15) is 0 Å². The monoisotopic (exact) mass is 474 g/mol. The average molecular weight is 475 g/mol. The molecule has 0 bridgehead atoms. The summed E-state index contributed by atoms with van der Waals surface area (Å²) < 4.78 is 11.1. The van der Waals surface area contributed by atoms with Crippen molar-refractivity contribution in [2.75, 3.05) is 18.5 Å². The van der Waals surface area contributed by atoms with Crippen molar-refractivity contribution >= 4 is 40.1 Å². The second kappa shape index (κ2) is 10.4. The van der Waals surface area contributed by atoms with Gasteiger partial charge in [0.2, 0.25) is 0 Å². The Labute approximate surface area is 202 Å². The maximum Gasteiger partial charge on any atom is 0.338 e. The number of carbonyl (C=O) groups is 2. The van der Waals surface area contributed by atoms with Gasteiger partial charge < -0.3 is 14.8 Å². The summed E-state index contributed by atoms with van der Waals surface area (Å²) in [5, 5.41) is 4.00. The molecule has 0 aliphatic carbocycles. The fraction of sp³-hybridized carbons (Fsp3) is 0.148. The maximum absolute atomic E-state index is 12.6. The predicted octanol–water partition coefficient (Wildman–Crippen LogP) is 6.06. The summed E-state index contributed by atoms with van der Waals surface area (Å²) in [4.78, 5) is 29.6. The van der Waals surface area contributed by atoms with Gasteiger partial charge in [0.25, 0.3) is 5.91 Å². The molecule has 0 radical (unpaired) electrons. The van der Waals surface area contributed by atoms with Crippen LogP contribution >= 0.6 is 11.6 Å². The van der Waals surface area contributed by atoms with Crippen molar-refractivity contribution in [2.24, 2.45) is 0 Å². The Kier molecular flexibility index (Phi) is 7.09. The van der Waals surface area contributed by atoms with Crippen molar-refractivity contribution in [3.05, 3.63) is 88.9 Å². The first-order valence-electron chi connectivity index (χ1n) is 10.8. The van der Waals surface area contributed by atoms with Crippen LogP contribution in [0, 0.1) is 6.92 Å². The van der Waals surface area contributed by atoms with E-state index in [9.17, 15) is 9.59 Å². The molecule has 0 atom stereocenters. The summed E-state index contributed by atoms with van der Waals surface area (Å²) in [5.74, 6) is -0.331. The molecular formula is C27H23ClN2O4. The van der Waals surface area contributed by atoms with Gasteiger partial charge in [-0.15, -0.1) is 0 Å². The molecule has 0 spiro atoms. The molecule has 3 aromatic carbocycles. The minimum atomic E-state index is -0.434. The number of benzene rings is 3. The van der Waals surface area contributed by atoms with Crippen LogP contribution in [0.25, 0.3) is 22.2 Å². The largest absolute Gasteiger partial charge is 0.483 e. The number of nitrogens with zero attached hydrogens (tertiary/aromatic N) is 1. The lowest BCUT2D eigenvalue weighted by Crippen LogP contribution is -2.20. The molecule has 0 unspecified atom stereocenters. The first-order chi connectivity index (χ1) is 16.5. The normalized spacial score (nSPS) is 10.7. The fourth-order valence-corrected chi connectivity index (χ4v) is 3.66.